The number of nitro groups is 1. The van der Waals surface area contributed by atoms with Gasteiger partial charge in [-0.2, -0.15) is 0 Å². The van der Waals surface area contributed by atoms with Crippen molar-refractivity contribution in [1.82, 2.24) is 5.32 Å². The zero-order valence-electron chi connectivity index (χ0n) is 17.1. The summed E-state index contributed by atoms with van der Waals surface area (Å²) in [5.41, 5.74) is 0.477. The van der Waals surface area contributed by atoms with E-state index in [1.165, 1.54) is 12.1 Å². The molecule has 0 aromatic heterocycles. The van der Waals surface area contributed by atoms with E-state index in [1.807, 2.05) is 4.90 Å². The maximum absolute atomic E-state index is 12.3. The molecule has 1 heterocycles. The Morgan fingerprint density at radius 3 is 2.62 bits per heavy atom. The van der Waals surface area contributed by atoms with Crippen LogP contribution in [0.3, 0.4) is 0 Å². The Morgan fingerprint density at radius 1 is 1.21 bits per heavy atom. The molecule has 1 saturated heterocycles. The molecule has 1 aliphatic heterocycles. The van der Waals surface area contributed by atoms with Gasteiger partial charge in [0, 0.05) is 25.2 Å². The average molecular weight is 403 g/mol. The number of nitrogens with one attached hydrogen (secondary N) is 1. The monoisotopic (exact) mass is 403 g/mol. The van der Waals surface area contributed by atoms with Gasteiger partial charge in [0.25, 0.3) is 11.6 Å². The van der Waals surface area contributed by atoms with Crippen molar-refractivity contribution in [2.45, 2.75) is 52.0 Å². The molecular weight excluding hydrogens is 374 g/mol. The minimum Gasteiger partial charge on any atom is -0.452 e. The van der Waals surface area contributed by atoms with Crippen LogP contribution in [0.2, 0.25) is 0 Å². The molecule has 8 nitrogen and oxygen atoms in total. The van der Waals surface area contributed by atoms with Crippen LogP contribution in [0.25, 0.3) is 0 Å². The molecule has 1 saturated carbocycles. The van der Waals surface area contributed by atoms with E-state index in [2.05, 4.69) is 19.2 Å². The Balaban J connectivity index is 1.59. The third-order valence-electron chi connectivity index (χ3n) is 6.24. The van der Waals surface area contributed by atoms with Gasteiger partial charge in [-0.25, -0.2) is 4.79 Å². The van der Waals surface area contributed by atoms with Gasteiger partial charge < -0.3 is 15.0 Å². The van der Waals surface area contributed by atoms with Gasteiger partial charge in [-0.1, -0.05) is 26.7 Å². The fourth-order valence-electron chi connectivity index (χ4n) is 4.27. The molecule has 8 heteroatoms. The molecule has 3 rings (SSSR count). The van der Waals surface area contributed by atoms with Crippen molar-refractivity contribution in [3.63, 3.8) is 0 Å². The zero-order chi connectivity index (χ0) is 21.0. The summed E-state index contributed by atoms with van der Waals surface area (Å²) in [5, 5.41) is 14.4. The summed E-state index contributed by atoms with van der Waals surface area (Å²) >= 11 is 0. The summed E-state index contributed by atoms with van der Waals surface area (Å²) in [5.74, 6) is -0.149. The van der Waals surface area contributed by atoms with Gasteiger partial charge in [-0.3, -0.25) is 14.9 Å². The van der Waals surface area contributed by atoms with Crippen LogP contribution < -0.4 is 10.2 Å². The number of rotatable bonds is 6. The van der Waals surface area contributed by atoms with Crippen molar-refractivity contribution < 1.29 is 19.2 Å². The lowest BCUT2D eigenvalue weighted by atomic mass is 9.78. The summed E-state index contributed by atoms with van der Waals surface area (Å²) in [6.45, 7) is 5.45. The first-order valence-electron chi connectivity index (χ1n) is 10.4. The van der Waals surface area contributed by atoms with Gasteiger partial charge in [0.2, 0.25) is 0 Å². The lowest BCUT2D eigenvalue weighted by Crippen LogP contribution is -2.45. The van der Waals surface area contributed by atoms with E-state index >= 15 is 0 Å². The zero-order valence-corrected chi connectivity index (χ0v) is 17.1. The van der Waals surface area contributed by atoms with Crippen molar-refractivity contribution in [3.05, 3.63) is 33.9 Å². The number of esters is 1. The molecule has 1 aliphatic carbocycles. The summed E-state index contributed by atoms with van der Waals surface area (Å²) in [6.07, 6.45) is 5.15. The van der Waals surface area contributed by atoms with E-state index in [9.17, 15) is 19.7 Å². The van der Waals surface area contributed by atoms with Crippen molar-refractivity contribution in [1.29, 1.82) is 0 Å². The normalized spacial score (nSPS) is 24.2. The maximum Gasteiger partial charge on any atom is 0.338 e. The number of anilines is 1. The molecule has 0 unspecified atom stereocenters. The van der Waals surface area contributed by atoms with E-state index < -0.39 is 17.5 Å². The van der Waals surface area contributed by atoms with Gasteiger partial charge in [0.05, 0.1) is 10.5 Å². The minimum absolute atomic E-state index is 0.0760. The topological polar surface area (TPSA) is 102 Å². The van der Waals surface area contributed by atoms with Crippen LogP contribution in [-0.2, 0) is 9.53 Å². The van der Waals surface area contributed by atoms with Crippen LogP contribution in [0.15, 0.2) is 18.2 Å². The molecule has 2 fully saturated rings. The van der Waals surface area contributed by atoms with E-state index in [0.29, 0.717) is 17.5 Å². The molecule has 0 spiro atoms. The van der Waals surface area contributed by atoms with Gasteiger partial charge in [-0.15, -0.1) is 0 Å². The first kappa shape index (κ1) is 21.1. The van der Waals surface area contributed by atoms with Crippen LogP contribution >= 0.6 is 0 Å². The Labute approximate surface area is 170 Å². The summed E-state index contributed by atoms with van der Waals surface area (Å²) in [7, 11) is 0. The highest BCUT2D eigenvalue weighted by Gasteiger charge is 2.29. The van der Waals surface area contributed by atoms with Crippen molar-refractivity contribution in [3.8, 4) is 0 Å². The molecule has 1 N–H and O–H groups in total. The van der Waals surface area contributed by atoms with E-state index in [0.717, 1.165) is 45.2 Å². The predicted molar refractivity (Wildman–Crippen MR) is 109 cm³/mol. The van der Waals surface area contributed by atoms with Gasteiger partial charge in [0.1, 0.15) is 5.69 Å². The van der Waals surface area contributed by atoms with Crippen LogP contribution in [0, 0.1) is 22.0 Å². The Bertz CT molecular complexity index is 776. The smallest absolute Gasteiger partial charge is 0.338 e. The highest BCUT2D eigenvalue weighted by Crippen LogP contribution is 2.32. The molecule has 1 aromatic carbocycles. The molecule has 29 heavy (non-hydrogen) atoms. The van der Waals surface area contributed by atoms with Gasteiger partial charge in [0.15, 0.2) is 6.61 Å². The Hall–Kier alpha value is -2.64. The summed E-state index contributed by atoms with van der Waals surface area (Å²) in [6, 6.07) is 4.43. The summed E-state index contributed by atoms with van der Waals surface area (Å²) in [4.78, 5) is 37.5. The SMILES string of the molecule is C[C@H]1[C@H](C)CCC[C@H]1NC(=O)COC(=O)c1ccc(N2CCCC2)c([N+](=O)[O-])c1. The number of carbonyl (C=O) groups is 2. The molecule has 0 bridgehead atoms. The standard InChI is InChI=1S/C21H29N3O5/c1-14-6-5-7-17(15(14)2)22-20(25)13-29-21(26)16-8-9-18(19(12-16)24(27)28)23-10-3-4-11-23/h8-9,12,14-15,17H,3-7,10-11,13H2,1-2H3,(H,22,25)/t14-,15+,17-/m1/s1. The van der Waals surface area contributed by atoms with Crippen LogP contribution in [0.1, 0.15) is 56.3 Å². The average Bonchev–Trinajstić information content (AvgIpc) is 3.24. The number of amides is 1. The number of nitro benzene ring substituents is 1. The second-order valence-corrected chi connectivity index (χ2v) is 8.17. The van der Waals surface area contributed by atoms with Crippen LogP contribution in [0.4, 0.5) is 11.4 Å². The van der Waals surface area contributed by atoms with Crippen molar-refractivity contribution >= 4 is 23.3 Å². The van der Waals surface area contributed by atoms with Gasteiger partial charge >= 0.3 is 5.97 Å². The summed E-state index contributed by atoms with van der Waals surface area (Å²) < 4.78 is 5.11. The van der Waals surface area contributed by atoms with Crippen LogP contribution in [-0.4, -0.2) is 42.5 Å². The highest BCUT2D eigenvalue weighted by atomic mass is 16.6. The molecule has 2 aliphatic rings. The Kier molecular flexibility index (Phi) is 6.71. The largest absolute Gasteiger partial charge is 0.452 e. The molecule has 3 atom stereocenters. The molecule has 1 amide bonds. The molecule has 158 valence electrons. The first-order valence-corrected chi connectivity index (χ1v) is 10.4. The lowest BCUT2D eigenvalue weighted by Gasteiger charge is -2.34. The fraction of sp³-hybridized carbons (Fsp3) is 0.619. The molecule has 1 aromatic rings. The number of ether oxygens (including phenoxy) is 1. The minimum atomic E-state index is -0.735. The molecule has 0 radical (unpaired) electrons. The number of hydrogen-bond acceptors (Lipinski definition) is 6. The van der Waals surface area contributed by atoms with Crippen LogP contribution in [0.5, 0.6) is 0 Å². The molecular formula is C21H29N3O5. The predicted octanol–water partition coefficient (Wildman–Crippen LogP) is 3.29. The van der Waals surface area contributed by atoms with Gasteiger partial charge in [-0.05, 0) is 43.2 Å². The fourth-order valence-corrected chi connectivity index (χ4v) is 4.27. The third kappa shape index (κ3) is 5.05. The van der Waals surface area contributed by atoms with E-state index in [-0.39, 0.29) is 23.2 Å². The highest BCUT2D eigenvalue weighted by molar-refractivity contribution is 5.93. The van der Waals surface area contributed by atoms with Crippen molar-refractivity contribution in [2.75, 3.05) is 24.6 Å². The van der Waals surface area contributed by atoms with E-state index in [1.54, 1.807) is 6.07 Å². The lowest BCUT2D eigenvalue weighted by molar-refractivity contribution is -0.384. The number of carbonyl (C=O) groups excluding carboxylic acids is 2. The second-order valence-electron chi connectivity index (χ2n) is 8.17. The Morgan fingerprint density at radius 2 is 1.93 bits per heavy atom. The number of nitrogens with zero attached hydrogens (tertiary/aromatic N) is 2. The van der Waals surface area contributed by atoms with Crippen molar-refractivity contribution in [2.24, 2.45) is 11.8 Å². The number of hydrogen-bond donors (Lipinski definition) is 1. The number of benzene rings is 1. The maximum atomic E-state index is 12.3. The van der Waals surface area contributed by atoms with E-state index in [4.69, 9.17) is 4.74 Å². The second kappa shape index (κ2) is 9.24. The quantitative estimate of drug-likeness (QED) is 0.444. The third-order valence-corrected chi connectivity index (χ3v) is 6.24. The first-order chi connectivity index (χ1) is 13.9.